The van der Waals surface area contributed by atoms with Crippen LogP contribution in [0.15, 0.2) is 30.3 Å². The molecule has 2 aliphatic heterocycles. The Labute approximate surface area is 165 Å². The van der Waals surface area contributed by atoms with Crippen molar-refractivity contribution in [1.29, 1.82) is 0 Å². The van der Waals surface area contributed by atoms with E-state index in [9.17, 15) is 13.2 Å². The molecule has 1 atom stereocenters. The summed E-state index contributed by atoms with van der Waals surface area (Å²) < 4.78 is 25.3. The summed E-state index contributed by atoms with van der Waals surface area (Å²) in [6.07, 6.45) is 3.00. The van der Waals surface area contributed by atoms with Crippen LogP contribution in [0.25, 0.3) is 0 Å². The molecule has 2 aromatic rings. The number of aromatic nitrogens is 2. The number of rotatable bonds is 5. The first-order valence-electron chi connectivity index (χ1n) is 9.79. The number of hydrogen-bond acceptors (Lipinski definition) is 5. The Kier molecular flexibility index (Phi) is 5.25. The van der Waals surface area contributed by atoms with E-state index in [0.717, 1.165) is 30.9 Å². The Morgan fingerprint density at radius 3 is 2.75 bits per heavy atom. The summed E-state index contributed by atoms with van der Waals surface area (Å²) in [4.78, 5) is 15.2. The molecule has 2 aliphatic rings. The van der Waals surface area contributed by atoms with E-state index < -0.39 is 9.84 Å². The summed E-state index contributed by atoms with van der Waals surface area (Å²) in [6.45, 7) is 4.92. The van der Waals surface area contributed by atoms with Crippen LogP contribution in [-0.4, -0.2) is 53.6 Å². The predicted octanol–water partition coefficient (Wildman–Crippen LogP) is 2.40. The monoisotopic (exact) mass is 402 g/mol. The minimum Gasteiger partial charge on any atom is -0.307 e. The number of aryl methyl sites for hydroxylation is 1. The summed E-state index contributed by atoms with van der Waals surface area (Å²) in [6, 6.07) is 9.25. The first kappa shape index (κ1) is 19.1. The molecule has 1 aromatic carbocycles. The molecule has 2 saturated heterocycles. The Bertz CT molecular complexity index is 977. The van der Waals surface area contributed by atoms with Gasteiger partial charge in [-0.1, -0.05) is 12.1 Å². The van der Waals surface area contributed by atoms with Gasteiger partial charge in [0.25, 0.3) is 5.91 Å². The molecule has 0 spiro atoms. The molecule has 28 heavy (non-hydrogen) atoms. The highest BCUT2D eigenvalue weighted by Crippen LogP contribution is 2.27. The summed E-state index contributed by atoms with van der Waals surface area (Å²) >= 11 is 0. The van der Waals surface area contributed by atoms with Gasteiger partial charge in [0.05, 0.1) is 23.2 Å². The van der Waals surface area contributed by atoms with Crippen molar-refractivity contribution in [3.05, 3.63) is 47.2 Å². The van der Waals surface area contributed by atoms with E-state index in [4.69, 9.17) is 0 Å². The van der Waals surface area contributed by atoms with E-state index in [1.165, 1.54) is 12.8 Å². The number of nitrogens with zero attached hydrogens (tertiary/aromatic N) is 3. The number of benzene rings is 1. The molecule has 0 saturated carbocycles. The number of likely N-dealkylation sites (tertiary alicyclic amines) is 1. The van der Waals surface area contributed by atoms with Gasteiger partial charge in [0.1, 0.15) is 5.82 Å². The average molecular weight is 403 g/mol. The van der Waals surface area contributed by atoms with Crippen LogP contribution in [0.4, 0.5) is 5.82 Å². The van der Waals surface area contributed by atoms with E-state index in [0.29, 0.717) is 17.8 Å². The van der Waals surface area contributed by atoms with Crippen molar-refractivity contribution in [3.63, 3.8) is 0 Å². The van der Waals surface area contributed by atoms with Crippen molar-refractivity contribution in [3.8, 4) is 0 Å². The van der Waals surface area contributed by atoms with Crippen molar-refractivity contribution in [2.75, 3.05) is 29.9 Å². The normalized spacial score (nSPS) is 21.8. The lowest BCUT2D eigenvalue weighted by atomic mass is 10.1. The molecule has 4 rings (SSSR count). The maximum Gasteiger partial charge on any atom is 0.256 e. The molecule has 0 aliphatic carbocycles. The fourth-order valence-corrected chi connectivity index (χ4v) is 5.75. The second kappa shape index (κ2) is 7.67. The van der Waals surface area contributed by atoms with Gasteiger partial charge in [-0.05, 0) is 57.0 Å². The molecule has 1 aromatic heterocycles. The van der Waals surface area contributed by atoms with E-state index in [2.05, 4.69) is 15.3 Å². The zero-order valence-electron chi connectivity index (χ0n) is 16.1. The first-order chi connectivity index (χ1) is 13.4. The highest BCUT2D eigenvalue weighted by molar-refractivity contribution is 7.91. The van der Waals surface area contributed by atoms with Crippen LogP contribution in [0.5, 0.6) is 0 Å². The summed E-state index contributed by atoms with van der Waals surface area (Å²) in [5.41, 5.74) is 2.48. The van der Waals surface area contributed by atoms with Gasteiger partial charge in [-0.2, -0.15) is 5.10 Å². The van der Waals surface area contributed by atoms with Crippen LogP contribution in [0.2, 0.25) is 0 Å². The molecule has 3 heterocycles. The average Bonchev–Trinajstić information content (AvgIpc) is 3.36. The molecule has 1 N–H and O–H groups in total. The quantitative estimate of drug-likeness (QED) is 0.830. The van der Waals surface area contributed by atoms with E-state index in [1.807, 2.05) is 25.1 Å². The SMILES string of the molecule is Cc1cc(NC(=O)c2cccc(CN3CCCC3)c2)n(C2CCS(=O)(=O)C2)n1. The molecule has 1 amide bonds. The summed E-state index contributed by atoms with van der Waals surface area (Å²) in [5, 5.41) is 7.35. The number of sulfone groups is 1. The van der Waals surface area contributed by atoms with Crippen LogP contribution in [-0.2, 0) is 16.4 Å². The number of hydrogen-bond donors (Lipinski definition) is 1. The highest BCUT2D eigenvalue weighted by Gasteiger charge is 2.31. The topological polar surface area (TPSA) is 84.3 Å². The molecule has 8 heteroatoms. The van der Waals surface area contributed by atoms with Crippen molar-refractivity contribution < 1.29 is 13.2 Å². The largest absolute Gasteiger partial charge is 0.307 e. The van der Waals surface area contributed by atoms with Crippen molar-refractivity contribution in [1.82, 2.24) is 14.7 Å². The predicted molar refractivity (Wildman–Crippen MR) is 108 cm³/mol. The van der Waals surface area contributed by atoms with Gasteiger partial charge in [0, 0.05) is 18.2 Å². The second-order valence-corrected chi connectivity index (χ2v) is 10.0. The van der Waals surface area contributed by atoms with E-state index in [-0.39, 0.29) is 23.5 Å². The third-order valence-electron chi connectivity index (χ3n) is 5.45. The van der Waals surface area contributed by atoms with Crippen molar-refractivity contribution in [2.45, 2.75) is 38.8 Å². The number of carbonyl (C=O) groups is 1. The van der Waals surface area contributed by atoms with E-state index in [1.54, 1.807) is 16.8 Å². The summed E-state index contributed by atoms with van der Waals surface area (Å²) in [5.74, 6) is 0.588. The minimum absolute atomic E-state index is 0.0717. The Balaban J connectivity index is 1.50. The van der Waals surface area contributed by atoms with Gasteiger partial charge in [0.15, 0.2) is 9.84 Å². The van der Waals surface area contributed by atoms with Gasteiger partial charge in [-0.25, -0.2) is 13.1 Å². The lowest BCUT2D eigenvalue weighted by molar-refractivity contribution is 0.102. The second-order valence-electron chi connectivity index (χ2n) is 7.81. The summed E-state index contributed by atoms with van der Waals surface area (Å²) in [7, 11) is -3.03. The van der Waals surface area contributed by atoms with E-state index >= 15 is 0 Å². The molecular formula is C20H26N4O3S. The molecule has 2 fully saturated rings. The van der Waals surface area contributed by atoms with Crippen LogP contribution >= 0.6 is 0 Å². The lowest BCUT2D eigenvalue weighted by Gasteiger charge is -2.16. The van der Waals surface area contributed by atoms with Crippen LogP contribution in [0.3, 0.4) is 0 Å². The fourth-order valence-electron chi connectivity index (χ4n) is 4.05. The fraction of sp³-hybridized carbons (Fsp3) is 0.500. The van der Waals surface area contributed by atoms with Crippen LogP contribution in [0, 0.1) is 6.92 Å². The molecule has 0 radical (unpaired) electrons. The van der Waals surface area contributed by atoms with Gasteiger partial charge in [0.2, 0.25) is 0 Å². The zero-order valence-corrected chi connectivity index (χ0v) is 16.9. The third kappa shape index (κ3) is 4.28. The number of amides is 1. The lowest BCUT2D eigenvalue weighted by Crippen LogP contribution is -2.20. The minimum atomic E-state index is -3.03. The Morgan fingerprint density at radius 1 is 1.25 bits per heavy atom. The van der Waals surface area contributed by atoms with Crippen LogP contribution < -0.4 is 5.32 Å². The molecule has 0 bridgehead atoms. The van der Waals surface area contributed by atoms with Crippen molar-refractivity contribution in [2.24, 2.45) is 0 Å². The van der Waals surface area contributed by atoms with Gasteiger partial charge >= 0.3 is 0 Å². The molecule has 1 unspecified atom stereocenters. The zero-order chi connectivity index (χ0) is 19.7. The number of carbonyl (C=O) groups excluding carboxylic acids is 1. The van der Waals surface area contributed by atoms with Gasteiger partial charge in [-0.15, -0.1) is 0 Å². The number of nitrogens with one attached hydrogen (secondary N) is 1. The van der Waals surface area contributed by atoms with Gasteiger partial charge in [-0.3, -0.25) is 9.69 Å². The first-order valence-corrected chi connectivity index (χ1v) is 11.6. The molecule has 150 valence electrons. The highest BCUT2D eigenvalue weighted by atomic mass is 32.2. The van der Waals surface area contributed by atoms with Crippen LogP contribution in [0.1, 0.15) is 46.9 Å². The van der Waals surface area contributed by atoms with Crippen molar-refractivity contribution >= 4 is 21.6 Å². The maximum atomic E-state index is 12.8. The smallest absolute Gasteiger partial charge is 0.256 e. The molecular weight excluding hydrogens is 376 g/mol. The Hall–Kier alpha value is -2.19. The Morgan fingerprint density at radius 2 is 2.04 bits per heavy atom. The third-order valence-corrected chi connectivity index (χ3v) is 7.20. The van der Waals surface area contributed by atoms with Gasteiger partial charge < -0.3 is 5.32 Å². The molecule has 7 nitrogen and oxygen atoms in total. The number of anilines is 1. The standard InChI is InChI=1S/C20H26N4O3S/c1-15-11-19(24(22-15)18-7-10-28(26,27)14-18)21-20(25)17-6-4-5-16(12-17)13-23-8-2-3-9-23/h4-6,11-12,18H,2-3,7-10,13-14H2,1H3,(H,21,25). The maximum absolute atomic E-state index is 12.8.